The molecule has 0 atom stereocenters. The molecule has 0 radical (unpaired) electrons. The molecule has 0 spiro atoms. The second-order valence-corrected chi connectivity index (χ2v) is 4.31. The normalized spacial score (nSPS) is 10.1. The number of ether oxygens (including phenoxy) is 1. The van der Waals surface area contributed by atoms with Gasteiger partial charge in [0.05, 0.1) is 12.3 Å². The zero-order valence-electron chi connectivity index (χ0n) is 11.5. The molecule has 0 unspecified atom stereocenters. The van der Waals surface area contributed by atoms with Crippen LogP contribution in [-0.2, 0) is 0 Å². The third-order valence-corrected chi connectivity index (χ3v) is 2.81. The standard InChI is InChI=1S/C15H17N3O2/c1-3-20-11-6-7-13(10(2)9-11)18-15(19)14-12(16)5-4-8-17-14/h4-9H,3,16H2,1-2H3,(H,18,19). The number of rotatable bonds is 4. The van der Waals surface area contributed by atoms with Crippen LogP contribution in [-0.4, -0.2) is 17.5 Å². The lowest BCUT2D eigenvalue weighted by atomic mass is 10.2. The average molecular weight is 271 g/mol. The molecule has 1 aromatic carbocycles. The second kappa shape index (κ2) is 6.06. The molecule has 0 aliphatic rings. The van der Waals surface area contributed by atoms with Crippen LogP contribution >= 0.6 is 0 Å². The van der Waals surface area contributed by atoms with Crippen LogP contribution in [0.5, 0.6) is 5.75 Å². The fourth-order valence-electron chi connectivity index (χ4n) is 1.82. The van der Waals surface area contributed by atoms with Gasteiger partial charge in [0.25, 0.3) is 5.91 Å². The Bertz CT molecular complexity index is 626. The van der Waals surface area contributed by atoms with Crippen LogP contribution < -0.4 is 15.8 Å². The topological polar surface area (TPSA) is 77.2 Å². The quantitative estimate of drug-likeness (QED) is 0.896. The fraction of sp³-hybridized carbons (Fsp3) is 0.200. The van der Waals surface area contributed by atoms with Crippen LogP contribution in [0.2, 0.25) is 0 Å². The maximum Gasteiger partial charge on any atom is 0.276 e. The van der Waals surface area contributed by atoms with E-state index in [9.17, 15) is 4.79 Å². The monoisotopic (exact) mass is 271 g/mol. The van der Waals surface area contributed by atoms with Crippen molar-refractivity contribution in [3.63, 3.8) is 0 Å². The number of nitrogens with two attached hydrogens (primary N) is 1. The van der Waals surface area contributed by atoms with Crippen LogP contribution in [0.1, 0.15) is 23.0 Å². The Morgan fingerprint density at radius 2 is 2.20 bits per heavy atom. The van der Waals surface area contributed by atoms with Crippen molar-refractivity contribution in [2.75, 3.05) is 17.7 Å². The van der Waals surface area contributed by atoms with Gasteiger partial charge in [-0.2, -0.15) is 0 Å². The number of carbonyl (C=O) groups excluding carboxylic acids is 1. The second-order valence-electron chi connectivity index (χ2n) is 4.31. The van der Waals surface area contributed by atoms with E-state index in [0.717, 1.165) is 11.3 Å². The molecule has 1 aromatic heterocycles. The molecule has 5 nitrogen and oxygen atoms in total. The number of hydrogen-bond acceptors (Lipinski definition) is 4. The van der Waals surface area contributed by atoms with Gasteiger partial charge in [-0.05, 0) is 49.7 Å². The molecule has 0 aliphatic heterocycles. The van der Waals surface area contributed by atoms with E-state index in [1.165, 1.54) is 6.20 Å². The van der Waals surface area contributed by atoms with Gasteiger partial charge in [0.2, 0.25) is 0 Å². The smallest absolute Gasteiger partial charge is 0.276 e. The summed E-state index contributed by atoms with van der Waals surface area (Å²) in [6.45, 7) is 4.43. The number of hydrogen-bond donors (Lipinski definition) is 2. The maximum absolute atomic E-state index is 12.1. The van der Waals surface area contributed by atoms with E-state index < -0.39 is 0 Å². The van der Waals surface area contributed by atoms with Crippen molar-refractivity contribution in [2.24, 2.45) is 0 Å². The van der Waals surface area contributed by atoms with Crippen LogP contribution in [0.15, 0.2) is 36.5 Å². The van der Waals surface area contributed by atoms with Crippen LogP contribution in [0.25, 0.3) is 0 Å². The predicted molar refractivity (Wildman–Crippen MR) is 79.0 cm³/mol. The first-order chi connectivity index (χ1) is 9.61. The van der Waals surface area contributed by atoms with Gasteiger partial charge in [-0.3, -0.25) is 4.79 Å². The number of nitrogens with one attached hydrogen (secondary N) is 1. The molecular weight excluding hydrogens is 254 g/mol. The summed E-state index contributed by atoms with van der Waals surface area (Å²) >= 11 is 0. The van der Waals surface area contributed by atoms with Gasteiger partial charge >= 0.3 is 0 Å². The van der Waals surface area contributed by atoms with E-state index in [4.69, 9.17) is 10.5 Å². The van der Waals surface area contributed by atoms with E-state index >= 15 is 0 Å². The van der Waals surface area contributed by atoms with E-state index in [1.807, 2.05) is 26.0 Å². The summed E-state index contributed by atoms with van der Waals surface area (Å²) in [6, 6.07) is 8.83. The number of benzene rings is 1. The van der Waals surface area contributed by atoms with Crippen molar-refractivity contribution in [1.82, 2.24) is 4.98 Å². The molecule has 1 heterocycles. The minimum atomic E-state index is -0.324. The minimum absolute atomic E-state index is 0.223. The molecule has 2 rings (SSSR count). The number of nitrogen functional groups attached to an aromatic ring is 1. The van der Waals surface area contributed by atoms with Crippen molar-refractivity contribution >= 4 is 17.3 Å². The van der Waals surface area contributed by atoms with Crippen LogP contribution in [0, 0.1) is 6.92 Å². The molecule has 3 N–H and O–H groups in total. The number of carbonyl (C=O) groups is 1. The number of aryl methyl sites for hydroxylation is 1. The highest BCUT2D eigenvalue weighted by molar-refractivity contribution is 6.06. The van der Waals surface area contributed by atoms with Crippen LogP contribution in [0.4, 0.5) is 11.4 Å². The number of aromatic nitrogens is 1. The van der Waals surface area contributed by atoms with Gasteiger partial charge in [-0.1, -0.05) is 0 Å². The molecule has 0 saturated carbocycles. The molecule has 0 saturated heterocycles. The largest absolute Gasteiger partial charge is 0.494 e. The SMILES string of the molecule is CCOc1ccc(NC(=O)c2ncccc2N)c(C)c1. The predicted octanol–water partition coefficient (Wildman–Crippen LogP) is 2.62. The molecule has 104 valence electrons. The van der Waals surface area contributed by atoms with Crippen LogP contribution in [0.3, 0.4) is 0 Å². The van der Waals surface area contributed by atoms with Crippen molar-refractivity contribution in [3.8, 4) is 5.75 Å². The molecule has 0 aliphatic carbocycles. The van der Waals surface area contributed by atoms with Gasteiger partial charge < -0.3 is 15.8 Å². The number of anilines is 2. The molecule has 0 fully saturated rings. The molecular formula is C15H17N3O2. The lowest BCUT2D eigenvalue weighted by Gasteiger charge is -2.11. The summed E-state index contributed by atoms with van der Waals surface area (Å²) in [4.78, 5) is 16.1. The van der Waals surface area contributed by atoms with E-state index in [-0.39, 0.29) is 11.6 Å². The zero-order valence-corrected chi connectivity index (χ0v) is 11.5. The molecule has 2 aromatic rings. The first-order valence-electron chi connectivity index (χ1n) is 6.37. The first kappa shape index (κ1) is 13.9. The lowest BCUT2D eigenvalue weighted by molar-refractivity contribution is 0.102. The van der Waals surface area contributed by atoms with Crippen molar-refractivity contribution in [1.29, 1.82) is 0 Å². The van der Waals surface area contributed by atoms with Crippen molar-refractivity contribution in [2.45, 2.75) is 13.8 Å². The summed E-state index contributed by atoms with van der Waals surface area (Å²) in [5.74, 6) is 0.454. The highest BCUT2D eigenvalue weighted by Crippen LogP contribution is 2.22. The Kier molecular flexibility index (Phi) is 4.20. The summed E-state index contributed by atoms with van der Waals surface area (Å²) in [5.41, 5.74) is 7.94. The van der Waals surface area contributed by atoms with E-state index in [0.29, 0.717) is 18.0 Å². The molecule has 20 heavy (non-hydrogen) atoms. The van der Waals surface area contributed by atoms with Gasteiger partial charge in [0.1, 0.15) is 5.75 Å². The zero-order chi connectivity index (χ0) is 14.5. The van der Waals surface area contributed by atoms with Gasteiger partial charge in [-0.15, -0.1) is 0 Å². The Labute approximate surface area is 117 Å². The minimum Gasteiger partial charge on any atom is -0.494 e. The third-order valence-electron chi connectivity index (χ3n) is 2.81. The Morgan fingerprint density at radius 1 is 1.40 bits per heavy atom. The third kappa shape index (κ3) is 3.06. The summed E-state index contributed by atoms with van der Waals surface area (Å²) < 4.78 is 5.41. The Hall–Kier alpha value is -2.56. The maximum atomic E-state index is 12.1. The van der Waals surface area contributed by atoms with Gasteiger partial charge in [0.15, 0.2) is 5.69 Å². The summed E-state index contributed by atoms with van der Waals surface area (Å²) in [6.07, 6.45) is 1.54. The molecule has 5 heteroatoms. The fourth-order valence-corrected chi connectivity index (χ4v) is 1.82. The first-order valence-corrected chi connectivity index (χ1v) is 6.37. The highest BCUT2D eigenvalue weighted by atomic mass is 16.5. The summed E-state index contributed by atoms with van der Waals surface area (Å²) in [7, 11) is 0. The van der Waals surface area contributed by atoms with E-state index in [2.05, 4.69) is 10.3 Å². The number of nitrogens with zero attached hydrogens (tertiary/aromatic N) is 1. The van der Waals surface area contributed by atoms with Crippen molar-refractivity contribution in [3.05, 3.63) is 47.8 Å². The number of pyridine rings is 1. The lowest BCUT2D eigenvalue weighted by Crippen LogP contribution is -2.16. The summed E-state index contributed by atoms with van der Waals surface area (Å²) in [5, 5.41) is 2.80. The molecule has 1 amide bonds. The highest BCUT2D eigenvalue weighted by Gasteiger charge is 2.12. The molecule has 0 bridgehead atoms. The Balaban J connectivity index is 2.18. The van der Waals surface area contributed by atoms with Crippen molar-refractivity contribution < 1.29 is 9.53 Å². The number of amides is 1. The van der Waals surface area contributed by atoms with Gasteiger partial charge in [-0.25, -0.2) is 4.98 Å². The van der Waals surface area contributed by atoms with Gasteiger partial charge in [0, 0.05) is 11.9 Å². The average Bonchev–Trinajstić information content (AvgIpc) is 2.42. The van der Waals surface area contributed by atoms with E-state index in [1.54, 1.807) is 18.2 Å². The Morgan fingerprint density at radius 3 is 2.85 bits per heavy atom.